The number of carboxylic acids is 1. The average Bonchev–Trinajstić information content (AvgIpc) is 2.78. The number of carbonyl (C=O) groups is 1. The van der Waals surface area contributed by atoms with Crippen molar-refractivity contribution in [3.05, 3.63) is 72.6 Å². The molecule has 0 amide bonds. The van der Waals surface area contributed by atoms with Gasteiger partial charge >= 0.3 is 5.97 Å². The molecule has 0 fully saturated rings. The van der Waals surface area contributed by atoms with E-state index < -0.39 is 12.0 Å². The van der Waals surface area contributed by atoms with Gasteiger partial charge < -0.3 is 15.2 Å². The van der Waals surface area contributed by atoms with Gasteiger partial charge in [0.15, 0.2) is 0 Å². The number of ether oxygens (including phenoxy) is 1. The normalized spacial score (nSPS) is 11.6. The average molecular weight is 405 g/mol. The lowest BCUT2D eigenvalue weighted by atomic mass is 10.1. The molecule has 0 bridgehead atoms. The molecule has 6 heteroatoms. The first-order valence-corrected chi connectivity index (χ1v) is 10.2. The smallest absolute Gasteiger partial charge is 0.326 e. The Labute approximate surface area is 177 Å². The highest BCUT2D eigenvalue weighted by Crippen LogP contribution is 2.23. The first kappa shape index (κ1) is 21.3. The molecule has 3 aromatic rings. The van der Waals surface area contributed by atoms with E-state index in [2.05, 4.69) is 22.2 Å². The number of carboxylic acid groups (broad SMARTS) is 1. The zero-order valence-corrected chi connectivity index (χ0v) is 17.1. The first-order chi connectivity index (χ1) is 14.7. The Hall–Kier alpha value is -3.41. The lowest BCUT2D eigenvalue weighted by Crippen LogP contribution is -2.29. The fourth-order valence-electron chi connectivity index (χ4n) is 3.09. The number of aromatic nitrogens is 2. The quantitative estimate of drug-likeness (QED) is 0.428. The molecule has 0 spiro atoms. The minimum Gasteiger partial charge on any atom is -0.489 e. The number of hydrogen-bond acceptors (Lipinski definition) is 5. The number of unbranched alkanes of at least 4 members (excludes halogenated alkanes) is 2. The minimum atomic E-state index is -0.869. The van der Waals surface area contributed by atoms with Crippen molar-refractivity contribution < 1.29 is 14.6 Å². The molecule has 1 heterocycles. The van der Waals surface area contributed by atoms with Crippen molar-refractivity contribution in [3.63, 3.8) is 0 Å². The maximum absolute atomic E-state index is 11.5. The molecule has 0 saturated carbocycles. The second kappa shape index (κ2) is 11.0. The summed E-state index contributed by atoms with van der Waals surface area (Å²) in [5, 5.41) is 12.5. The van der Waals surface area contributed by atoms with E-state index in [0.29, 0.717) is 18.8 Å². The second-order valence-corrected chi connectivity index (χ2v) is 7.12. The summed E-state index contributed by atoms with van der Waals surface area (Å²) in [4.78, 5) is 20.0. The predicted molar refractivity (Wildman–Crippen MR) is 117 cm³/mol. The molecule has 0 aliphatic heterocycles. The van der Waals surface area contributed by atoms with E-state index in [1.54, 1.807) is 6.07 Å². The van der Waals surface area contributed by atoms with E-state index in [-0.39, 0.29) is 0 Å². The van der Waals surface area contributed by atoms with Gasteiger partial charge in [0.2, 0.25) is 0 Å². The molecule has 1 atom stereocenters. The van der Waals surface area contributed by atoms with E-state index in [4.69, 9.17) is 4.74 Å². The molecular weight excluding hydrogens is 378 g/mol. The van der Waals surface area contributed by atoms with Crippen LogP contribution in [0.1, 0.15) is 38.2 Å². The fraction of sp³-hybridized carbons (Fsp3) is 0.292. The number of hydrogen-bond donors (Lipinski definition) is 2. The van der Waals surface area contributed by atoms with E-state index in [9.17, 15) is 9.90 Å². The molecule has 6 nitrogen and oxygen atoms in total. The number of aliphatic carboxylic acids is 1. The van der Waals surface area contributed by atoms with Gasteiger partial charge in [0.05, 0.1) is 5.69 Å². The molecule has 1 aromatic heterocycles. The van der Waals surface area contributed by atoms with Crippen molar-refractivity contribution in [2.24, 2.45) is 0 Å². The van der Waals surface area contributed by atoms with Crippen LogP contribution in [0.25, 0.3) is 11.3 Å². The zero-order valence-electron chi connectivity index (χ0n) is 17.1. The summed E-state index contributed by atoms with van der Waals surface area (Å²) in [6.07, 6.45) is 4.94. The van der Waals surface area contributed by atoms with Gasteiger partial charge in [-0.15, -0.1) is 0 Å². The lowest BCUT2D eigenvalue weighted by molar-refractivity contribution is -0.138. The summed E-state index contributed by atoms with van der Waals surface area (Å²) >= 11 is 0. The summed E-state index contributed by atoms with van der Waals surface area (Å²) in [6.45, 7) is 2.61. The first-order valence-electron chi connectivity index (χ1n) is 10.2. The van der Waals surface area contributed by atoms with Crippen molar-refractivity contribution >= 4 is 11.8 Å². The van der Waals surface area contributed by atoms with Crippen LogP contribution >= 0.6 is 0 Å². The van der Waals surface area contributed by atoms with Gasteiger partial charge in [-0.25, -0.2) is 14.8 Å². The molecule has 156 valence electrons. The molecule has 3 rings (SSSR count). The molecule has 0 aliphatic carbocycles. The number of nitrogens with one attached hydrogen (secondary N) is 1. The lowest BCUT2D eigenvalue weighted by Gasteiger charge is -2.15. The highest BCUT2D eigenvalue weighted by Gasteiger charge is 2.17. The van der Waals surface area contributed by atoms with Gasteiger partial charge in [-0.3, -0.25) is 0 Å². The van der Waals surface area contributed by atoms with Crippen LogP contribution in [0.5, 0.6) is 5.75 Å². The second-order valence-electron chi connectivity index (χ2n) is 7.12. The van der Waals surface area contributed by atoms with Crippen molar-refractivity contribution in [1.82, 2.24) is 9.97 Å². The van der Waals surface area contributed by atoms with Crippen LogP contribution in [0.3, 0.4) is 0 Å². The van der Waals surface area contributed by atoms with Crippen LogP contribution in [0, 0.1) is 0 Å². The van der Waals surface area contributed by atoms with Gasteiger partial charge in [0, 0.05) is 11.6 Å². The number of rotatable bonds is 11. The number of benzene rings is 2. The maximum atomic E-state index is 11.5. The van der Waals surface area contributed by atoms with Crippen LogP contribution in [0.15, 0.2) is 67.0 Å². The topological polar surface area (TPSA) is 84.3 Å². The summed E-state index contributed by atoms with van der Waals surface area (Å²) in [7, 11) is 0. The number of anilines is 1. The largest absolute Gasteiger partial charge is 0.489 e. The third-order valence-corrected chi connectivity index (χ3v) is 4.78. The van der Waals surface area contributed by atoms with Crippen LogP contribution in [0.2, 0.25) is 0 Å². The summed E-state index contributed by atoms with van der Waals surface area (Å²) in [6, 6.07) is 18.8. The molecule has 2 N–H and O–H groups in total. The van der Waals surface area contributed by atoms with Gasteiger partial charge in [0.25, 0.3) is 0 Å². The summed E-state index contributed by atoms with van der Waals surface area (Å²) in [5.74, 6) is 0.413. The molecule has 0 radical (unpaired) electrons. The Morgan fingerprint density at radius 3 is 2.53 bits per heavy atom. The van der Waals surface area contributed by atoms with Crippen molar-refractivity contribution in [2.75, 3.05) is 5.32 Å². The Morgan fingerprint density at radius 1 is 1.07 bits per heavy atom. The Bertz CT molecular complexity index is 930. The van der Waals surface area contributed by atoms with Crippen molar-refractivity contribution in [2.45, 2.75) is 45.3 Å². The van der Waals surface area contributed by atoms with Crippen LogP contribution in [-0.4, -0.2) is 27.1 Å². The Balaban J connectivity index is 1.63. The highest BCUT2D eigenvalue weighted by atomic mass is 16.5. The van der Waals surface area contributed by atoms with Crippen LogP contribution in [-0.2, 0) is 11.4 Å². The summed E-state index contributed by atoms with van der Waals surface area (Å²) in [5.41, 5.74) is 2.74. The molecular formula is C24H27N3O3. The Kier molecular flexibility index (Phi) is 7.78. The minimum absolute atomic E-state index is 0.508. The fourth-order valence-corrected chi connectivity index (χ4v) is 3.09. The van der Waals surface area contributed by atoms with Crippen molar-refractivity contribution in [3.8, 4) is 17.0 Å². The molecule has 2 aromatic carbocycles. The van der Waals surface area contributed by atoms with Gasteiger partial charge in [-0.1, -0.05) is 56.5 Å². The molecule has 30 heavy (non-hydrogen) atoms. The highest BCUT2D eigenvalue weighted by molar-refractivity contribution is 5.77. The monoisotopic (exact) mass is 405 g/mol. The van der Waals surface area contributed by atoms with Crippen LogP contribution < -0.4 is 10.1 Å². The van der Waals surface area contributed by atoms with Crippen LogP contribution in [0.4, 0.5) is 5.82 Å². The van der Waals surface area contributed by atoms with E-state index in [0.717, 1.165) is 41.8 Å². The van der Waals surface area contributed by atoms with Gasteiger partial charge in [-0.2, -0.15) is 0 Å². The molecule has 1 unspecified atom stereocenters. The van der Waals surface area contributed by atoms with E-state index >= 15 is 0 Å². The van der Waals surface area contributed by atoms with Gasteiger partial charge in [-0.05, 0) is 36.2 Å². The van der Waals surface area contributed by atoms with E-state index in [1.807, 2.05) is 54.6 Å². The van der Waals surface area contributed by atoms with Crippen molar-refractivity contribution in [1.29, 1.82) is 0 Å². The summed E-state index contributed by atoms with van der Waals surface area (Å²) < 4.78 is 5.82. The third kappa shape index (κ3) is 6.30. The molecule has 0 aliphatic rings. The molecule has 0 saturated heterocycles. The number of nitrogens with zero attached hydrogens (tertiary/aromatic N) is 2. The Morgan fingerprint density at radius 2 is 1.83 bits per heavy atom. The maximum Gasteiger partial charge on any atom is 0.326 e. The SMILES string of the molecule is CCCCCC(Nc1cc(-c2ccc(OCc3ccccc3)cc2)ncn1)C(=O)O. The standard InChI is InChI=1S/C24H27N3O3/c1-2-3-5-10-21(24(28)29)27-23-15-22(25-17-26-23)19-11-13-20(14-12-19)30-16-18-8-6-4-7-9-18/h4,6-9,11-15,17,21H,2-3,5,10,16H2,1H3,(H,28,29)(H,25,26,27). The van der Waals surface area contributed by atoms with E-state index in [1.165, 1.54) is 6.33 Å². The van der Waals surface area contributed by atoms with Gasteiger partial charge in [0.1, 0.15) is 30.5 Å². The predicted octanol–water partition coefficient (Wildman–Crippen LogP) is 5.17. The third-order valence-electron chi connectivity index (χ3n) is 4.78. The zero-order chi connectivity index (χ0) is 21.2.